The number of fused-ring (bicyclic) bond motifs is 2. The molecule has 2 atom stereocenters. The predicted octanol–water partition coefficient (Wildman–Crippen LogP) is 3.19. The van der Waals surface area contributed by atoms with Crippen LogP contribution in [-0.2, 0) is 12.1 Å². The van der Waals surface area contributed by atoms with Gasteiger partial charge < -0.3 is 5.11 Å². The Labute approximate surface area is 143 Å². The van der Waals surface area contributed by atoms with Gasteiger partial charge in [0.25, 0.3) is 0 Å². The van der Waals surface area contributed by atoms with Crippen molar-refractivity contribution >= 4 is 0 Å². The quantitative estimate of drug-likeness (QED) is 0.942. The molecule has 1 N–H and O–H groups in total. The largest absolute Gasteiger partial charge is 0.383 e. The van der Waals surface area contributed by atoms with Crippen LogP contribution in [0.1, 0.15) is 49.1 Å². The number of hydrogen-bond donors (Lipinski definition) is 1. The molecule has 0 spiro atoms. The molecule has 2 unspecified atom stereocenters. The van der Waals surface area contributed by atoms with Gasteiger partial charge in [0.15, 0.2) is 0 Å². The summed E-state index contributed by atoms with van der Waals surface area (Å²) in [5, 5.41) is 19.7. The molecule has 0 aliphatic carbocycles. The van der Waals surface area contributed by atoms with E-state index in [-0.39, 0.29) is 0 Å². The predicted molar refractivity (Wildman–Crippen MR) is 93.3 cm³/mol. The molecule has 126 valence electrons. The summed E-state index contributed by atoms with van der Waals surface area (Å²) in [7, 11) is 0. The number of rotatable bonds is 3. The maximum Gasteiger partial charge on any atom is 0.111 e. The van der Waals surface area contributed by atoms with Crippen LogP contribution in [0.4, 0.5) is 0 Å². The van der Waals surface area contributed by atoms with Crippen LogP contribution >= 0.6 is 0 Å². The second-order valence-electron chi connectivity index (χ2n) is 7.40. The lowest BCUT2D eigenvalue weighted by Crippen LogP contribution is -2.56. The van der Waals surface area contributed by atoms with Crippen LogP contribution in [0.15, 0.2) is 42.5 Å². The van der Waals surface area contributed by atoms with Gasteiger partial charge in [0, 0.05) is 18.6 Å². The minimum absolute atomic E-state index is 0.422. The number of aliphatic hydroxyl groups is 1. The van der Waals surface area contributed by atoms with E-state index < -0.39 is 5.60 Å². The normalized spacial score (nSPS) is 30.2. The molecule has 24 heavy (non-hydrogen) atoms. The van der Waals surface area contributed by atoms with Gasteiger partial charge in [-0.15, -0.1) is 0 Å². The lowest BCUT2D eigenvalue weighted by molar-refractivity contribution is -0.102. The molecule has 1 aromatic heterocycles. The Morgan fingerprint density at radius 1 is 1.04 bits per heavy atom. The molecule has 2 fully saturated rings. The third-order valence-electron chi connectivity index (χ3n) is 5.64. The fraction of sp³-hybridized carbons (Fsp3) is 0.500. The number of aromatic nitrogens is 2. The van der Waals surface area contributed by atoms with Gasteiger partial charge in [-0.1, -0.05) is 36.8 Å². The Hall–Kier alpha value is -1.78. The van der Waals surface area contributed by atoms with Crippen molar-refractivity contribution in [1.29, 1.82) is 0 Å². The van der Waals surface area contributed by atoms with Crippen molar-refractivity contribution < 1.29 is 5.11 Å². The van der Waals surface area contributed by atoms with Gasteiger partial charge in [-0.05, 0) is 50.3 Å². The number of aryl methyl sites for hydroxylation is 1. The summed E-state index contributed by atoms with van der Waals surface area (Å²) < 4.78 is 0. The topological polar surface area (TPSA) is 49.2 Å². The molecule has 0 saturated carbocycles. The molecular weight excluding hydrogens is 298 g/mol. The van der Waals surface area contributed by atoms with Crippen molar-refractivity contribution in [3.05, 3.63) is 59.4 Å². The Bertz CT molecular complexity index is 672. The van der Waals surface area contributed by atoms with Crippen LogP contribution < -0.4 is 0 Å². The molecule has 1 aromatic carbocycles. The summed E-state index contributed by atoms with van der Waals surface area (Å²) in [5.74, 6) is 0. The number of hydrogen-bond acceptors (Lipinski definition) is 4. The van der Waals surface area contributed by atoms with Crippen LogP contribution in [0.25, 0.3) is 0 Å². The van der Waals surface area contributed by atoms with E-state index >= 15 is 0 Å². The van der Waals surface area contributed by atoms with E-state index in [0.29, 0.717) is 12.1 Å². The third-order valence-corrected chi connectivity index (χ3v) is 5.64. The monoisotopic (exact) mass is 323 g/mol. The number of benzene rings is 1. The van der Waals surface area contributed by atoms with Crippen molar-refractivity contribution in [3.8, 4) is 0 Å². The van der Waals surface area contributed by atoms with E-state index in [1.54, 1.807) is 0 Å². The van der Waals surface area contributed by atoms with Gasteiger partial charge >= 0.3 is 0 Å². The van der Waals surface area contributed by atoms with Gasteiger partial charge in [-0.25, -0.2) is 0 Å². The maximum absolute atomic E-state index is 11.3. The maximum atomic E-state index is 11.3. The zero-order valence-electron chi connectivity index (χ0n) is 14.2. The van der Waals surface area contributed by atoms with E-state index in [1.807, 2.05) is 19.1 Å². The zero-order valence-corrected chi connectivity index (χ0v) is 14.2. The third kappa shape index (κ3) is 2.96. The Morgan fingerprint density at radius 2 is 1.75 bits per heavy atom. The first-order valence-electron chi connectivity index (χ1n) is 8.97. The lowest BCUT2D eigenvalue weighted by atomic mass is 9.74. The van der Waals surface area contributed by atoms with Crippen LogP contribution in [0.5, 0.6) is 0 Å². The first-order valence-corrected chi connectivity index (χ1v) is 8.97. The average molecular weight is 323 g/mol. The molecule has 4 rings (SSSR count). The van der Waals surface area contributed by atoms with E-state index in [2.05, 4.69) is 45.4 Å². The van der Waals surface area contributed by atoms with E-state index in [1.165, 1.54) is 12.0 Å². The smallest absolute Gasteiger partial charge is 0.111 e. The van der Waals surface area contributed by atoms with Gasteiger partial charge in [0.05, 0.1) is 11.4 Å². The summed E-state index contributed by atoms with van der Waals surface area (Å²) in [5.41, 5.74) is 2.16. The van der Waals surface area contributed by atoms with Crippen LogP contribution in [0.3, 0.4) is 0 Å². The minimum Gasteiger partial charge on any atom is -0.383 e. The Balaban J connectivity index is 1.57. The SMILES string of the molecule is Cc1ccc(C2(O)CC3CCCC(C2)N3Cc2ccccc2)nn1. The lowest BCUT2D eigenvalue weighted by Gasteiger charge is -2.51. The molecule has 2 aliphatic heterocycles. The fourth-order valence-corrected chi connectivity index (χ4v) is 4.43. The summed E-state index contributed by atoms with van der Waals surface area (Å²) in [6.45, 7) is 2.91. The Kier molecular flexibility index (Phi) is 4.10. The van der Waals surface area contributed by atoms with Crippen molar-refractivity contribution in [3.63, 3.8) is 0 Å². The highest BCUT2D eigenvalue weighted by atomic mass is 16.3. The first kappa shape index (κ1) is 15.7. The summed E-state index contributed by atoms with van der Waals surface area (Å²) in [6, 6.07) is 15.4. The van der Waals surface area contributed by atoms with Crippen LogP contribution in [0.2, 0.25) is 0 Å². The summed E-state index contributed by atoms with van der Waals surface area (Å²) in [6.07, 6.45) is 5.09. The van der Waals surface area contributed by atoms with E-state index in [9.17, 15) is 5.11 Å². The second-order valence-corrected chi connectivity index (χ2v) is 7.40. The first-order chi connectivity index (χ1) is 11.6. The molecule has 0 amide bonds. The van der Waals surface area contributed by atoms with Gasteiger partial charge in [0.1, 0.15) is 5.60 Å². The van der Waals surface area contributed by atoms with Crippen molar-refractivity contribution in [2.75, 3.05) is 0 Å². The highest BCUT2D eigenvalue weighted by molar-refractivity contribution is 5.19. The molecule has 2 saturated heterocycles. The molecule has 2 aliphatic rings. The molecule has 4 heteroatoms. The number of nitrogens with zero attached hydrogens (tertiary/aromatic N) is 3. The van der Waals surface area contributed by atoms with Gasteiger partial charge in [0.2, 0.25) is 0 Å². The number of piperidine rings is 2. The van der Waals surface area contributed by atoms with Crippen molar-refractivity contribution in [2.45, 2.75) is 63.3 Å². The highest BCUT2D eigenvalue weighted by Crippen LogP contribution is 2.44. The molecule has 2 bridgehead atoms. The highest BCUT2D eigenvalue weighted by Gasteiger charge is 2.47. The van der Waals surface area contributed by atoms with Gasteiger partial charge in [-0.3, -0.25) is 4.90 Å². The van der Waals surface area contributed by atoms with E-state index in [0.717, 1.165) is 43.6 Å². The fourth-order valence-electron chi connectivity index (χ4n) is 4.43. The molecule has 2 aromatic rings. The Morgan fingerprint density at radius 3 is 2.38 bits per heavy atom. The molecule has 0 radical (unpaired) electrons. The molecule has 4 nitrogen and oxygen atoms in total. The van der Waals surface area contributed by atoms with Crippen LogP contribution in [0, 0.1) is 6.92 Å². The molecule has 3 heterocycles. The second kappa shape index (κ2) is 6.26. The van der Waals surface area contributed by atoms with Crippen molar-refractivity contribution in [1.82, 2.24) is 15.1 Å². The zero-order chi connectivity index (χ0) is 16.6. The standard InChI is InChI=1S/C20H25N3O/c1-15-10-11-19(22-21-15)20(24)12-17-8-5-9-18(13-20)23(17)14-16-6-3-2-4-7-16/h2-4,6-7,10-11,17-18,24H,5,8-9,12-14H2,1H3. The van der Waals surface area contributed by atoms with Gasteiger partial charge in [-0.2, -0.15) is 10.2 Å². The van der Waals surface area contributed by atoms with Crippen LogP contribution in [-0.4, -0.2) is 32.3 Å². The molecular formula is C20H25N3O. The summed E-state index contributed by atoms with van der Waals surface area (Å²) in [4.78, 5) is 2.61. The minimum atomic E-state index is -0.830. The summed E-state index contributed by atoms with van der Waals surface area (Å²) >= 11 is 0. The average Bonchev–Trinajstić information content (AvgIpc) is 2.57. The van der Waals surface area contributed by atoms with E-state index in [4.69, 9.17) is 0 Å². The van der Waals surface area contributed by atoms with Crippen molar-refractivity contribution in [2.24, 2.45) is 0 Å².